The Labute approximate surface area is 97.8 Å². The first-order chi connectivity index (χ1) is 8.06. The molecule has 0 fully saturated rings. The first-order valence-corrected chi connectivity index (χ1v) is 5.26. The van der Waals surface area contributed by atoms with Crippen LogP contribution in [0.3, 0.4) is 0 Å². The van der Waals surface area contributed by atoms with Gasteiger partial charge in [-0.25, -0.2) is 9.59 Å². The summed E-state index contributed by atoms with van der Waals surface area (Å²) in [5.41, 5.74) is 0.0930. The number of esters is 1. The monoisotopic (exact) mass is 242 g/mol. The number of hydrogen-bond acceptors (Lipinski definition) is 5. The summed E-state index contributed by atoms with van der Waals surface area (Å²) in [5.74, 6) is -2.72. The van der Waals surface area contributed by atoms with Crippen LogP contribution in [0.2, 0.25) is 0 Å². The molecule has 6 heteroatoms. The molecule has 1 heterocycles. The van der Waals surface area contributed by atoms with Gasteiger partial charge in [0.05, 0.1) is 11.6 Å². The largest absolute Gasteiger partial charge is 0.504 e. The van der Waals surface area contributed by atoms with Crippen molar-refractivity contribution in [2.45, 2.75) is 25.7 Å². The number of carbonyl (C=O) groups is 2. The molecule has 0 aromatic rings. The van der Waals surface area contributed by atoms with E-state index in [1.807, 2.05) is 0 Å². The molecular weight excluding hydrogens is 228 g/mol. The molecular formula is C11H14O6. The van der Waals surface area contributed by atoms with Crippen molar-refractivity contribution in [2.75, 3.05) is 6.61 Å². The second-order valence-electron chi connectivity index (χ2n) is 3.60. The van der Waals surface area contributed by atoms with Crippen LogP contribution in [-0.2, 0) is 14.3 Å². The first-order valence-electron chi connectivity index (χ1n) is 5.26. The molecule has 1 aliphatic heterocycles. The van der Waals surface area contributed by atoms with Gasteiger partial charge < -0.3 is 20.1 Å². The van der Waals surface area contributed by atoms with Crippen LogP contribution in [0.4, 0.5) is 0 Å². The molecule has 0 unspecified atom stereocenters. The van der Waals surface area contributed by atoms with Crippen LogP contribution in [-0.4, -0.2) is 33.9 Å². The molecule has 0 radical (unpaired) electrons. The smallest absolute Gasteiger partial charge is 0.343 e. The molecule has 0 aromatic heterocycles. The average Bonchev–Trinajstić information content (AvgIpc) is 2.50. The minimum atomic E-state index is -1.29. The summed E-state index contributed by atoms with van der Waals surface area (Å²) in [7, 11) is 0. The van der Waals surface area contributed by atoms with Gasteiger partial charge in [0, 0.05) is 6.61 Å². The number of hydrogen-bond donors (Lipinski definition) is 3. The van der Waals surface area contributed by atoms with Crippen molar-refractivity contribution in [2.24, 2.45) is 0 Å². The number of rotatable bonds is 6. The van der Waals surface area contributed by atoms with Crippen molar-refractivity contribution in [1.29, 1.82) is 0 Å². The highest BCUT2D eigenvalue weighted by Crippen LogP contribution is 2.27. The van der Waals surface area contributed by atoms with E-state index in [1.54, 1.807) is 0 Å². The Morgan fingerprint density at radius 3 is 2.59 bits per heavy atom. The molecule has 17 heavy (non-hydrogen) atoms. The summed E-state index contributed by atoms with van der Waals surface area (Å²) >= 11 is 0. The fourth-order valence-electron chi connectivity index (χ4n) is 1.48. The fraction of sp³-hybridized carbons (Fsp3) is 0.455. The zero-order valence-corrected chi connectivity index (χ0v) is 9.18. The van der Waals surface area contributed by atoms with Gasteiger partial charge in [-0.3, -0.25) is 0 Å². The SMILES string of the molecule is O=C(O)C=C1OC(=O)C(CCCCCO)=C1O. The van der Waals surface area contributed by atoms with Gasteiger partial charge in [-0.15, -0.1) is 0 Å². The third-order valence-electron chi connectivity index (χ3n) is 2.31. The van der Waals surface area contributed by atoms with E-state index < -0.39 is 17.7 Å². The first kappa shape index (κ1) is 13.2. The van der Waals surface area contributed by atoms with Gasteiger partial charge in [-0.05, 0) is 19.3 Å². The lowest BCUT2D eigenvalue weighted by Gasteiger charge is -1.98. The molecule has 6 nitrogen and oxygen atoms in total. The second-order valence-corrected chi connectivity index (χ2v) is 3.60. The summed E-state index contributed by atoms with van der Waals surface area (Å²) in [5, 5.41) is 26.6. The number of aliphatic hydroxyl groups is 2. The molecule has 94 valence electrons. The summed E-state index contributed by atoms with van der Waals surface area (Å²) in [6.07, 6.45) is 2.92. The summed E-state index contributed by atoms with van der Waals surface area (Å²) in [6, 6.07) is 0. The predicted octanol–water partition coefficient (Wildman–Crippen LogP) is 0.877. The maximum Gasteiger partial charge on any atom is 0.343 e. The lowest BCUT2D eigenvalue weighted by molar-refractivity contribution is -0.133. The molecule has 0 aliphatic carbocycles. The van der Waals surface area contributed by atoms with Crippen LogP contribution >= 0.6 is 0 Å². The van der Waals surface area contributed by atoms with E-state index >= 15 is 0 Å². The molecule has 0 bridgehead atoms. The van der Waals surface area contributed by atoms with E-state index in [9.17, 15) is 14.7 Å². The van der Waals surface area contributed by atoms with E-state index in [-0.39, 0.29) is 17.9 Å². The molecule has 1 rings (SSSR count). The minimum Gasteiger partial charge on any atom is -0.504 e. The highest BCUT2D eigenvalue weighted by molar-refractivity contribution is 5.95. The van der Waals surface area contributed by atoms with Gasteiger partial charge >= 0.3 is 11.9 Å². The lowest BCUT2D eigenvalue weighted by atomic mass is 10.1. The molecule has 0 saturated heterocycles. The van der Waals surface area contributed by atoms with E-state index in [0.29, 0.717) is 25.3 Å². The van der Waals surface area contributed by atoms with Crippen LogP contribution in [0.5, 0.6) is 0 Å². The number of aliphatic carboxylic acids is 1. The Morgan fingerprint density at radius 2 is 2.00 bits per heavy atom. The number of cyclic esters (lactones) is 1. The average molecular weight is 242 g/mol. The normalized spacial score (nSPS) is 17.7. The topological polar surface area (TPSA) is 104 Å². The summed E-state index contributed by atoms with van der Waals surface area (Å²) in [4.78, 5) is 21.7. The molecule has 0 amide bonds. The van der Waals surface area contributed by atoms with Crippen molar-refractivity contribution in [1.82, 2.24) is 0 Å². The fourth-order valence-corrected chi connectivity index (χ4v) is 1.48. The highest BCUT2D eigenvalue weighted by Gasteiger charge is 2.29. The van der Waals surface area contributed by atoms with Crippen LogP contribution in [0.15, 0.2) is 23.2 Å². The quantitative estimate of drug-likeness (QED) is 0.363. The molecule has 0 saturated carbocycles. The van der Waals surface area contributed by atoms with Crippen molar-refractivity contribution in [3.63, 3.8) is 0 Å². The Balaban J connectivity index is 2.66. The van der Waals surface area contributed by atoms with E-state index in [2.05, 4.69) is 4.74 Å². The van der Waals surface area contributed by atoms with Crippen LogP contribution < -0.4 is 0 Å². The highest BCUT2D eigenvalue weighted by atomic mass is 16.6. The zero-order chi connectivity index (χ0) is 12.8. The van der Waals surface area contributed by atoms with Crippen molar-refractivity contribution in [3.8, 4) is 0 Å². The van der Waals surface area contributed by atoms with Gasteiger partial charge in [-0.1, -0.05) is 6.42 Å². The maximum atomic E-state index is 11.3. The van der Waals surface area contributed by atoms with Gasteiger partial charge in [0.1, 0.15) is 0 Å². The van der Waals surface area contributed by atoms with E-state index in [4.69, 9.17) is 10.2 Å². The van der Waals surface area contributed by atoms with Gasteiger partial charge in [0.25, 0.3) is 0 Å². The maximum absolute atomic E-state index is 11.3. The molecule has 0 atom stereocenters. The van der Waals surface area contributed by atoms with Crippen molar-refractivity contribution < 1.29 is 29.6 Å². The standard InChI is InChI=1S/C11H14O6/c12-5-3-1-2-4-7-10(15)8(6-9(13)14)17-11(7)16/h6,12,15H,1-5H2,(H,13,14). The number of carboxylic acid groups (broad SMARTS) is 1. The molecule has 0 spiro atoms. The minimum absolute atomic E-state index is 0.0830. The van der Waals surface area contributed by atoms with Gasteiger partial charge in [-0.2, -0.15) is 0 Å². The van der Waals surface area contributed by atoms with Crippen LogP contribution in [0.1, 0.15) is 25.7 Å². The van der Waals surface area contributed by atoms with Gasteiger partial charge in [0.2, 0.25) is 0 Å². The van der Waals surface area contributed by atoms with E-state index in [0.717, 1.165) is 6.42 Å². The second kappa shape index (κ2) is 6.05. The Morgan fingerprint density at radius 1 is 1.29 bits per heavy atom. The zero-order valence-electron chi connectivity index (χ0n) is 9.18. The lowest BCUT2D eigenvalue weighted by Crippen LogP contribution is -2.00. The number of ether oxygens (including phenoxy) is 1. The summed E-state index contributed by atoms with van der Waals surface area (Å²) in [6.45, 7) is 0.0830. The van der Waals surface area contributed by atoms with Crippen LogP contribution in [0.25, 0.3) is 0 Å². The Hall–Kier alpha value is -1.82. The van der Waals surface area contributed by atoms with Gasteiger partial charge in [0.15, 0.2) is 11.5 Å². The Kier molecular flexibility index (Phi) is 4.71. The molecule has 3 N–H and O–H groups in total. The number of unbranched alkanes of at least 4 members (excludes halogenated alkanes) is 2. The third kappa shape index (κ3) is 3.60. The van der Waals surface area contributed by atoms with Crippen molar-refractivity contribution >= 4 is 11.9 Å². The van der Waals surface area contributed by atoms with E-state index in [1.165, 1.54) is 0 Å². The summed E-state index contributed by atoms with van der Waals surface area (Å²) < 4.78 is 4.62. The number of carboxylic acids is 1. The van der Waals surface area contributed by atoms with Crippen LogP contribution in [0, 0.1) is 0 Å². The van der Waals surface area contributed by atoms with Crippen molar-refractivity contribution in [3.05, 3.63) is 23.2 Å². The number of carbonyl (C=O) groups excluding carboxylic acids is 1. The third-order valence-corrected chi connectivity index (χ3v) is 2.31. The molecule has 0 aromatic carbocycles. The number of aliphatic hydroxyl groups excluding tert-OH is 2. The molecule has 1 aliphatic rings. The predicted molar refractivity (Wildman–Crippen MR) is 57.0 cm³/mol. The Bertz CT molecular complexity index is 379.